The Morgan fingerprint density at radius 3 is 2.56 bits per heavy atom. The van der Waals surface area contributed by atoms with Crippen LogP contribution in [-0.4, -0.2) is 33.5 Å². The van der Waals surface area contributed by atoms with Gasteiger partial charge in [0.15, 0.2) is 0 Å². The van der Waals surface area contributed by atoms with E-state index in [0.717, 1.165) is 40.4 Å². The van der Waals surface area contributed by atoms with Crippen molar-refractivity contribution >= 4 is 17.8 Å². The average Bonchev–Trinajstić information content (AvgIpc) is 3.20. The van der Waals surface area contributed by atoms with Gasteiger partial charge in [0.05, 0.1) is 17.7 Å². The van der Waals surface area contributed by atoms with Crippen molar-refractivity contribution in [2.24, 2.45) is 5.92 Å². The summed E-state index contributed by atoms with van der Waals surface area (Å²) >= 11 is 0. The van der Waals surface area contributed by atoms with E-state index in [1.165, 1.54) is 0 Å². The van der Waals surface area contributed by atoms with Crippen molar-refractivity contribution in [3.8, 4) is 5.75 Å². The van der Waals surface area contributed by atoms with Crippen molar-refractivity contribution in [2.45, 2.75) is 65.0 Å². The van der Waals surface area contributed by atoms with Gasteiger partial charge in [0.1, 0.15) is 23.7 Å². The van der Waals surface area contributed by atoms with Crippen molar-refractivity contribution in [3.05, 3.63) is 46.8 Å². The molecule has 2 aromatic rings. The number of carbonyl (C=O) groups is 3. The molecule has 0 atom stereocenters. The molecule has 1 saturated heterocycles. The Kier molecular flexibility index (Phi) is 5.90. The van der Waals surface area contributed by atoms with Gasteiger partial charge in [0.25, 0.3) is 5.91 Å². The van der Waals surface area contributed by atoms with Crippen LogP contribution >= 0.6 is 0 Å². The molecule has 2 heterocycles. The lowest BCUT2D eigenvalue weighted by Gasteiger charge is -2.33. The number of nitrogens with zero attached hydrogens (tertiary/aromatic N) is 2. The molecule has 0 unspecified atom stereocenters. The number of aromatic nitrogens is 1. The highest BCUT2D eigenvalue weighted by Gasteiger charge is 2.52. The summed E-state index contributed by atoms with van der Waals surface area (Å²) in [5, 5.41) is 7.53. The highest BCUT2D eigenvalue weighted by molar-refractivity contribution is 6.08. The molecular weight excluding hydrogens is 412 g/mol. The van der Waals surface area contributed by atoms with Gasteiger partial charge in [0.2, 0.25) is 5.91 Å². The van der Waals surface area contributed by atoms with E-state index in [1.54, 1.807) is 24.3 Å². The van der Waals surface area contributed by atoms with Gasteiger partial charge in [-0.25, -0.2) is 4.79 Å². The first kappa shape index (κ1) is 21.9. The predicted octanol–water partition coefficient (Wildman–Crippen LogP) is 2.94. The predicted molar refractivity (Wildman–Crippen MR) is 114 cm³/mol. The van der Waals surface area contributed by atoms with Crippen LogP contribution in [0, 0.1) is 19.8 Å². The van der Waals surface area contributed by atoms with Crippen molar-refractivity contribution in [2.75, 3.05) is 0 Å². The molecule has 1 aliphatic carbocycles. The molecule has 2 fully saturated rings. The number of benzene rings is 1. The molecule has 0 radical (unpaired) electrons. The van der Waals surface area contributed by atoms with Gasteiger partial charge in [-0.05, 0) is 63.1 Å². The Labute approximate surface area is 186 Å². The SMILES string of the molecule is Cc1noc(C)c1COc1ccc(CC(=O)NN2C(=O)NC3(CCC(C)CC3)C2=O)cc1. The summed E-state index contributed by atoms with van der Waals surface area (Å²) in [4.78, 5) is 37.7. The van der Waals surface area contributed by atoms with E-state index < -0.39 is 17.5 Å². The van der Waals surface area contributed by atoms with Crippen LogP contribution in [-0.2, 0) is 22.6 Å². The third-order valence-electron chi connectivity index (χ3n) is 6.38. The fraction of sp³-hybridized carbons (Fsp3) is 0.478. The number of hydrogen-bond acceptors (Lipinski definition) is 6. The lowest BCUT2D eigenvalue weighted by molar-refractivity contribution is -0.139. The molecule has 9 heteroatoms. The maximum atomic E-state index is 12.8. The van der Waals surface area contributed by atoms with Crippen LogP contribution < -0.4 is 15.5 Å². The molecule has 1 spiro atoms. The van der Waals surface area contributed by atoms with E-state index in [4.69, 9.17) is 9.26 Å². The van der Waals surface area contributed by atoms with Crippen LogP contribution in [0.4, 0.5) is 4.79 Å². The number of urea groups is 1. The molecule has 32 heavy (non-hydrogen) atoms. The molecular formula is C23H28N4O5. The van der Waals surface area contributed by atoms with Crippen molar-refractivity contribution in [3.63, 3.8) is 0 Å². The number of hydrazine groups is 1. The van der Waals surface area contributed by atoms with Crippen molar-refractivity contribution in [1.29, 1.82) is 0 Å². The van der Waals surface area contributed by atoms with Crippen molar-refractivity contribution < 1.29 is 23.6 Å². The molecule has 4 rings (SSSR count). The first-order valence-electron chi connectivity index (χ1n) is 10.9. The van der Waals surface area contributed by atoms with Crippen molar-refractivity contribution in [1.82, 2.24) is 20.9 Å². The molecule has 1 saturated carbocycles. The minimum atomic E-state index is -0.878. The highest BCUT2D eigenvalue weighted by atomic mass is 16.5. The number of rotatable bonds is 6. The molecule has 1 aromatic heterocycles. The Morgan fingerprint density at radius 2 is 1.94 bits per heavy atom. The summed E-state index contributed by atoms with van der Waals surface area (Å²) in [6.07, 6.45) is 2.98. The van der Waals surface area contributed by atoms with Crippen LogP contribution in [0.25, 0.3) is 0 Å². The summed E-state index contributed by atoms with van der Waals surface area (Å²) in [7, 11) is 0. The fourth-order valence-corrected chi connectivity index (χ4v) is 4.23. The third kappa shape index (κ3) is 4.32. The van der Waals surface area contributed by atoms with E-state index in [9.17, 15) is 14.4 Å². The van der Waals surface area contributed by atoms with E-state index in [-0.39, 0.29) is 12.3 Å². The lowest BCUT2D eigenvalue weighted by Crippen LogP contribution is -2.51. The standard InChI is InChI=1S/C23H28N4O5/c1-14-8-10-23(11-9-14)21(29)27(22(30)24-23)25-20(28)12-17-4-6-18(7-5-17)31-13-19-15(2)26-32-16(19)3/h4-7,14H,8-13H2,1-3H3,(H,24,30)(H,25,28). The van der Waals surface area contributed by atoms with E-state index in [0.29, 0.717) is 31.1 Å². The molecule has 2 N–H and O–H groups in total. The highest BCUT2D eigenvalue weighted by Crippen LogP contribution is 2.35. The topological polar surface area (TPSA) is 114 Å². The molecule has 1 aromatic carbocycles. The number of carbonyl (C=O) groups excluding carboxylic acids is 3. The van der Waals surface area contributed by atoms with Gasteiger partial charge in [-0.1, -0.05) is 24.2 Å². The smallest absolute Gasteiger partial charge is 0.344 e. The second kappa shape index (κ2) is 8.64. The summed E-state index contributed by atoms with van der Waals surface area (Å²) in [6.45, 7) is 6.18. The zero-order valence-corrected chi connectivity index (χ0v) is 18.6. The van der Waals surface area contributed by atoms with Gasteiger partial charge in [-0.15, -0.1) is 0 Å². The number of ether oxygens (including phenoxy) is 1. The minimum Gasteiger partial charge on any atom is -0.489 e. The number of hydrogen-bond donors (Lipinski definition) is 2. The number of nitrogens with one attached hydrogen (secondary N) is 2. The van der Waals surface area contributed by atoms with E-state index in [1.807, 2.05) is 13.8 Å². The van der Waals surface area contributed by atoms with Gasteiger partial charge in [0, 0.05) is 0 Å². The number of aryl methyl sites for hydroxylation is 2. The fourth-order valence-electron chi connectivity index (χ4n) is 4.23. The monoisotopic (exact) mass is 440 g/mol. The first-order valence-corrected chi connectivity index (χ1v) is 10.9. The normalized spacial score (nSPS) is 22.8. The largest absolute Gasteiger partial charge is 0.489 e. The van der Waals surface area contributed by atoms with Crippen LogP contribution in [0.5, 0.6) is 5.75 Å². The Balaban J connectivity index is 1.31. The van der Waals surface area contributed by atoms with Crippen LogP contribution in [0.15, 0.2) is 28.8 Å². The quantitative estimate of drug-likeness (QED) is 0.668. The van der Waals surface area contributed by atoms with Gasteiger partial charge in [-0.3, -0.25) is 15.0 Å². The molecule has 170 valence electrons. The molecule has 9 nitrogen and oxygen atoms in total. The van der Waals surface area contributed by atoms with Crippen LogP contribution in [0.3, 0.4) is 0 Å². The summed E-state index contributed by atoms with van der Waals surface area (Å²) in [5.74, 6) is 1.10. The maximum Gasteiger partial charge on any atom is 0.344 e. The summed E-state index contributed by atoms with van der Waals surface area (Å²) < 4.78 is 10.9. The first-order chi connectivity index (χ1) is 15.3. The lowest BCUT2D eigenvalue weighted by atomic mass is 9.77. The van der Waals surface area contributed by atoms with Gasteiger partial charge >= 0.3 is 6.03 Å². The Morgan fingerprint density at radius 1 is 1.25 bits per heavy atom. The van der Waals surface area contributed by atoms with E-state index >= 15 is 0 Å². The zero-order chi connectivity index (χ0) is 22.9. The second-order valence-corrected chi connectivity index (χ2v) is 8.78. The second-order valence-electron chi connectivity index (χ2n) is 8.78. The zero-order valence-electron chi connectivity index (χ0n) is 18.6. The van der Waals surface area contributed by atoms with Gasteiger partial charge < -0.3 is 14.6 Å². The molecule has 1 aliphatic heterocycles. The van der Waals surface area contributed by atoms with Crippen LogP contribution in [0.1, 0.15) is 55.2 Å². The Hall–Kier alpha value is -3.36. The number of imide groups is 1. The number of amides is 4. The molecule has 2 aliphatic rings. The van der Waals surface area contributed by atoms with Gasteiger partial charge in [-0.2, -0.15) is 5.01 Å². The van der Waals surface area contributed by atoms with Crippen LogP contribution in [0.2, 0.25) is 0 Å². The third-order valence-corrected chi connectivity index (χ3v) is 6.38. The molecule has 4 amide bonds. The van der Waals surface area contributed by atoms with E-state index in [2.05, 4.69) is 22.8 Å². The average molecular weight is 441 g/mol. The summed E-state index contributed by atoms with van der Waals surface area (Å²) in [6, 6.07) is 6.52. The Bertz CT molecular complexity index is 1000. The minimum absolute atomic E-state index is 0.0330. The maximum absolute atomic E-state index is 12.8. The molecule has 0 bridgehead atoms. The summed E-state index contributed by atoms with van der Waals surface area (Å²) in [5.41, 5.74) is 4.03.